The van der Waals surface area contributed by atoms with Gasteiger partial charge in [-0.2, -0.15) is 5.10 Å². The Morgan fingerprint density at radius 1 is 0.903 bits per heavy atom. The van der Waals surface area contributed by atoms with Gasteiger partial charge >= 0.3 is 5.97 Å². The van der Waals surface area contributed by atoms with Gasteiger partial charge in [-0.3, -0.25) is 4.79 Å². The van der Waals surface area contributed by atoms with Crippen molar-refractivity contribution in [3.05, 3.63) is 94.5 Å². The molecule has 0 aliphatic carbocycles. The van der Waals surface area contributed by atoms with Gasteiger partial charge in [-0.25, -0.2) is 10.2 Å². The molecule has 6 heteroatoms. The Kier molecular flexibility index (Phi) is 7.17. The first-order valence-electron chi connectivity index (χ1n) is 9.92. The lowest BCUT2D eigenvalue weighted by Gasteiger charge is -2.11. The maximum absolute atomic E-state index is 12.5. The van der Waals surface area contributed by atoms with E-state index in [0.29, 0.717) is 34.8 Å². The Balaban J connectivity index is 1.70. The molecular weight excluding hydrogens is 392 g/mol. The SMILES string of the molecule is CCOc1cc(/C=N/NC(=O)c2ccc(C)cc2)ccc1OC(=O)c1cccc(C)c1. The summed E-state index contributed by atoms with van der Waals surface area (Å²) in [6.07, 6.45) is 1.50. The lowest BCUT2D eigenvalue weighted by Crippen LogP contribution is -2.17. The second-order valence-electron chi connectivity index (χ2n) is 6.96. The van der Waals surface area contributed by atoms with E-state index in [1.807, 2.05) is 39.0 Å². The number of benzene rings is 3. The van der Waals surface area contributed by atoms with Gasteiger partial charge in [0.15, 0.2) is 11.5 Å². The third kappa shape index (κ3) is 6.02. The van der Waals surface area contributed by atoms with E-state index in [-0.39, 0.29) is 5.91 Å². The van der Waals surface area contributed by atoms with Gasteiger partial charge in [-0.1, -0.05) is 35.4 Å². The number of aryl methyl sites for hydroxylation is 2. The van der Waals surface area contributed by atoms with Gasteiger partial charge in [0, 0.05) is 5.56 Å². The van der Waals surface area contributed by atoms with Crippen molar-refractivity contribution >= 4 is 18.1 Å². The van der Waals surface area contributed by atoms with Crippen LogP contribution in [-0.2, 0) is 0 Å². The molecule has 3 aromatic rings. The van der Waals surface area contributed by atoms with Crippen LogP contribution in [0.4, 0.5) is 0 Å². The zero-order valence-electron chi connectivity index (χ0n) is 17.7. The first-order chi connectivity index (χ1) is 15.0. The quantitative estimate of drug-likeness (QED) is 0.262. The van der Waals surface area contributed by atoms with Crippen molar-refractivity contribution in [3.8, 4) is 11.5 Å². The molecule has 1 amide bonds. The van der Waals surface area contributed by atoms with Crippen molar-refractivity contribution in [3.63, 3.8) is 0 Å². The van der Waals surface area contributed by atoms with Crippen LogP contribution in [-0.4, -0.2) is 24.7 Å². The first kappa shape index (κ1) is 21.8. The minimum atomic E-state index is -0.462. The average molecular weight is 416 g/mol. The van der Waals surface area contributed by atoms with Crippen molar-refractivity contribution in [2.45, 2.75) is 20.8 Å². The first-order valence-corrected chi connectivity index (χ1v) is 9.92. The number of rotatable bonds is 7. The van der Waals surface area contributed by atoms with Crippen LogP contribution < -0.4 is 14.9 Å². The Bertz CT molecular complexity index is 1100. The molecule has 0 spiro atoms. The van der Waals surface area contributed by atoms with Crippen molar-refractivity contribution in [1.29, 1.82) is 0 Å². The molecular formula is C25H24N2O4. The van der Waals surface area contributed by atoms with Crippen LogP contribution >= 0.6 is 0 Å². The van der Waals surface area contributed by atoms with Gasteiger partial charge in [0.2, 0.25) is 0 Å². The van der Waals surface area contributed by atoms with E-state index < -0.39 is 5.97 Å². The highest BCUT2D eigenvalue weighted by atomic mass is 16.6. The van der Waals surface area contributed by atoms with Gasteiger partial charge in [0.1, 0.15) is 0 Å². The molecule has 0 radical (unpaired) electrons. The fourth-order valence-electron chi connectivity index (χ4n) is 2.82. The number of carbonyl (C=O) groups excluding carboxylic acids is 2. The number of nitrogens with one attached hydrogen (secondary N) is 1. The van der Waals surface area contributed by atoms with Gasteiger partial charge in [-0.05, 0) is 68.8 Å². The summed E-state index contributed by atoms with van der Waals surface area (Å²) in [5.41, 5.74) is 6.22. The van der Waals surface area contributed by atoms with Gasteiger partial charge < -0.3 is 9.47 Å². The van der Waals surface area contributed by atoms with E-state index in [1.165, 1.54) is 6.21 Å². The van der Waals surface area contributed by atoms with Gasteiger partial charge in [0.25, 0.3) is 5.91 Å². The molecule has 0 heterocycles. The highest BCUT2D eigenvalue weighted by Gasteiger charge is 2.13. The van der Waals surface area contributed by atoms with Crippen molar-refractivity contribution in [2.24, 2.45) is 5.10 Å². The molecule has 0 aliphatic rings. The molecule has 0 saturated heterocycles. The second kappa shape index (κ2) is 10.2. The molecule has 0 fully saturated rings. The molecule has 3 rings (SSSR count). The Morgan fingerprint density at radius 2 is 1.68 bits per heavy atom. The summed E-state index contributed by atoms with van der Waals surface area (Å²) in [5.74, 6) is -0.0343. The number of hydrogen-bond acceptors (Lipinski definition) is 5. The molecule has 0 unspecified atom stereocenters. The van der Waals surface area contributed by atoms with Crippen LogP contribution in [0.2, 0.25) is 0 Å². The molecule has 0 bridgehead atoms. The third-order valence-electron chi connectivity index (χ3n) is 4.42. The summed E-state index contributed by atoms with van der Waals surface area (Å²) < 4.78 is 11.1. The van der Waals surface area contributed by atoms with Crippen LogP contribution in [0, 0.1) is 13.8 Å². The zero-order chi connectivity index (χ0) is 22.2. The monoisotopic (exact) mass is 416 g/mol. The number of carbonyl (C=O) groups is 2. The Labute approximate surface area is 181 Å². The van der Waals surface area contributed by atoms with Crippen LogP contribution in [0.25, 0.3) is 0 Å². The molecule has 0 aliphatic heterocycles. The summed E-state index contributed by atoms with van der Waals surface area (Å²) in [5, 5.41) is 4.00. The zero-order valence-corrected chi connectivity index (χ0v) is 17.7. The van der Waals surface area contributed by atoms with E-state index in [2.05, 4.69) is 10.5 Å². The van der Waals surface area contributed by atoms with E-state index >= 15 is 0 Å². The van der Waals surface area contributed by atoms with Crippen LogP contribution in [0.3, 0.4) is 0 Å². The molecule has 0 atom stereocenters. The lowest BCUT2D eigenvalue weighted by atomic mass is 10.1. The smallest absolute Gasteiger partial charge is 0.343 e. The van der Waals surface area contributed by atoms with E-state index in [1.54, 1.807) is 48.5 Å². The fraction of sp³-hybridized carbons (Fsp3) is 0.160. The predicted molar refractivity (Wildman–Crippen MR) is 120 cm³/mol. The van der Waals surface area contributed by atoms with Crippen molar-refractivity contribution in [2.75, 3.05) is 6.61 Å². The van der Waals surface area contributed by atoms with Crippen LogP contribution in [0.1, 0.15) is 44.3 Å². The highest BCUT2D eigenvalue weighted by molar-refractivity contribution is 5.95. The van der Waals surface area contributed by atoms with E-state index in [0.717, 1.165) is 11.1 Å². The second-order valence-corrected chi connectivity index (χ2v) is 6.96. The molecule has 158 valence electrons. The topological polar surface area (TPSA) is 77.0 Å². The fourth-order valence-corrected chi connectivity index (χ4v) is 2.82. The minimum Gasteiger partial charge on any atom is -0.490 e. The van der Waals surface area contributed by atoms with Crippen molar-refractivity contribution < 1.29 is 19.1 Å². The minimum absolute atomic E-state index is 0.301. The summed E-state index contributed by atoms with van der Waals surface area (Å²) in [6.45, 7) is 6.11. The Hall–Kier alpha value is -3.93. The standard InChI is InChI=1S/C25H24N2O4/c1-4-30-23-15-19(16-26-27-24(28)20-11-8-17(2)9-12-20)10-13-22(23)31-25(29)21-7-5-6-18(3)14-21/h5-16H,4H2,1-3H3,(H,27,28)/b26-16+. The van der Waals surface area contributed by atoms with E-state index in [9.17, 15) is 9.59 Å². The average Bonchev–Trinajstić information content (AvgIpc) is 2.76. The lowest BCUT2D eigenvalue weighted by molar-refractivity contribution is 0.0728. The molecule has 3 aromatic carbocycles. The number of ether oxygens (including phenoxy) is 2. The molecule has 0 aromatic heterocycles. The maximum Gasteiger partial charge on any atom is 0.343 e. The maximum atomic E-state index is 12.5. The number of amides is 1. The molecule has 6 nitrogen and oxygen atoms in total. The predicted octanol–water partition coefficient (Wildman–Crippen LogP) is 4.69. The number of esters is 1. The normalized spacial score (nSPS) is 10.7. The van der Waals surface area contributed by atoms with E-state index in [4.69, 9.17) is 9.47 Å². The summed E-state index contributed by atoms with van der Waals surface area (Å²) >= 11 is 0. The molecule has 0 saturated carbocycles. The van der Waals surface area contributed by atoms with Crippen LogP contribution in [0.5, 0.6) is 11.5 Å². The summed E-state index contributed by atoms with van der Waals surface area (Å²) in [4.78, 5) is 24.6. The third-order valence-corrected chi connectivity index (χ3v) is 4.42. The van der Waals surface area contributed by atoms with Gasteiger partial charge in [-0.15, -0.1) is 0 Å². The highest BCUT2D eigenvalue weighted by Crippen LogP contribution is 2.29. The summed E-state index contributed by atoms with van der Waals surface area (Å²) in [7, 11) is 0. The number of hydrazone groups is 1. The number of nitrogens with zero attached hydrogens (tertiary/aromatic N) is 1. The Morgan fingerprint density at radius 3 is 2.39 bits per heavy atom. The van der Waals surface area contributed by atoms with Gasteiger partial charge in [0.05, 0.1) is 18.4 Å². The van der Waals surface area contributed by atoms with Crippen LogP contribution in [0.15, 0.2) is 71.8 Å². The molecule has 1 N–H and O–H groups in total. The summed E-state index contributed by atoms with van der Waals surface area (Å²) in [6, 6.07) is 19.5. The molecule has 31 heavy (non-hydrogen) atoms. The van der Waals surface area contributed by atoms with Crippen molar-refractivity contribution in [1.82, 2.24) is 5.43 Å². The number of hydrogen-bond donors (Lipinski definition) is 1. The largest absolute Gasteiger partial charge is 0.490 e.